The average Bonchev–Trinajstić information content (AvgIpc) is 2.28. The van der Waals surface area contributed by atoms with Crippen LogP contribution in [0.4, 0.5) is 0 Å². The van der Waals surface area contributed by atoms with Gasteiger partial charge in [0.1, 0.15) is 5.72 Å². The molecule has 0 aromatic rings. The number of hydrogen-bond donors (Lipinski definition) is 0. The highest BCUT2D eigenvalue weighted by Crippen LogP contribution is 2.22. The Balaban J connectivity index is 2.52. The molecule has 3 heteroatoms. The van der Waals surface area contributed by atoms with E-state index >= 15 is 0 Å². The van der Waals surface area contributed by atoms with E-state index in [4.69, 9.17) is 9.47 Å². The number of likely N-dealkylation sites (tertiary alicyclic amines) is 1. The van der Waals surface area contributed by atoms with Crippen LogP contribution in [0.1, 0.15) is 40.0 Å². The number of rotatable bonds is 6. The second kappa shape index (κ2) is 6.46. The standard InChI is InChI=1S/C12H25NO2/c1-4-14-11-12(3,15-5-2)13-9-7-6-8-10-13/h4-11H2,1-3H3. The van der Waals surface area contributed by atoms with Crippen LogP contribution in [0.2, 0.25) is 0 Å². The van der Waals surface area contributed by atoms with E-state index in [1.165, 1.54) is 19.3 Å². The van der Waals surface area contributed by atoms with E-state index in [1.807, 2.05) is 13.8 Å². The van der Waals surface area contributed by atoms with Crippen LogP contribution in [0.3, 0.4) is 0 Å². The van der Waals surface area contributed by atoms with E-state index in [0.717, 1.165) is 26.3 Å². The Hall–Kier alpha value is -0.120. The number of ether oxygens (including phenoxy) is 2. The number of piperidine rings is 1. The summed E-state index contributed by atoms with van der Waals surface area (Å²) in [4.78, 5) is 2.43. The Labute approximate surface area is 93.7 Å². The molecule has 0 saturated carbocycles. The van der Waals surface area contributed by atoms with Gasteiger partial charge in [0.15, 0.2) is 0 Å². The zero-order valence-electron chi connectivity index (χ0n) is 10.4. The predicted molar refractivity (Wildman–Crippen MR) is 61.9 cm³/mol. The first-order chi connectivity index (χ1) is 7.23. The Kier molecular flexibility index (Phi) is 5.58. The zero-order chi connectivity index (χ0) is 11.1. The Morgan fingerprint density at radius 1 is 1.07 bits per heavy atom. The minimum atomic E-state index is -0.217. The molecule has 90 valence electrons. The van der Waals surface area contributed by atoms with Gasteiger partial charge in [-0.25, -0.2) is 0 Å². The Morgan fingerprint density at radius 3 is 2.27 bits per heavy atom. The van der Waals surface area contributed by atoms with Crippen LogP contribution in [-0.4, -0.2) is 43.5 Å². The van der Waals surface area contributed by atoms with Crippen molar-refractivity contribution in [3.8, 4) is 0 Å². The van der Waals surface area contributed by atoms with Gasteiger partial charge in [0.05, 0.1) is 6.61 Å². The van der Waals surface area contributed by atoms with Crippen molar-refractivity contribution in [1.82, 2.24) is 4.90 Å². The second-order valence-corrected chi connectivity index (χ2v) is 4.29. The lowest BCUT2D eigenvalue weighted by Gasteiger charge is -2.42. The molecule has 1 atom stereocenters. The maximum atomic E-state index is 5.87. The largest absolute Gasteiger partial charge is 0.377 e. The minimum absolute atomic E-state index is 0.217. The molecule has 1 aliphatic heterocycles. The fourth-order valence-electron chi connectivity index (χ4n) is 2.19. The van der Waals surface area contributed by atoms with Gasteiger partial charge in [-0.2, -0.15) is 0 Å². The molecule has 1 fully saturated rings. The van der Waals surface area contributed by atoms with Gasteiger partial charge in [-0.3, -0.25) is 4.90 Å². The molecule has 1 aliphatic rings. The molecule has 3 nitrogen and oxygen atoms in total. The molecule has 0 spiro atoms. The third-order valence-corrected chi connectivity index (χ3v) is 3.05. The lowest BCUT2D eigenvalue weighted by atomic mass is 10.1. The van der Waals surface area contributed by atoms with Crippen LogP contribution in [0.5, 0.6) is 0 Å². The van der Waals surface area contributed by atoms with E-state index < -0.39 is 0 Å². The fourth-order valence-corrected chi connectivity index (χ4v) is 2.19. The third kappa shape index (κ3) is 3.74. The molecule has 0 aromatic heterocycles. The first kappa shape index (κ1) is 12.9. The Bertz CT molecular complexity index is 169. The van der Waals surface area contributed by atoms with E-state index in [1.54, 1.807) is 0 Å². The summed E-state index contributed by atoms with van der Waals surface area (Å²) in [6.45, 7) is 10.7. The van der Waals surface area contributed by atoms with Gasteiger partial charge in [0, 0.05) is 26.3 Å². The van der Waals surface area contributed by atoms with Gasteiger partial charge in [-0.05, 0) is 33.6 Å². The highest BCUT2D eigenvalue weighted by Gasteiger charge is 2.33. The second-order valence-electron chi connectivity index (χ2n) is 4.29. The maximum absolute atomic E-state index is 5.87. The first-order valence-corrected chi connectivity index (χ1v) is 6.19. The van der Waals surface area contributed by atoms with Crippen molar-refractivity contribution < 1.29 is 9.47 Å². The molecule has 0 bridgehead atoms. The van der Waals surface area contributed by atoms with Crippen molar-refractivity contribution in [2.75, 3.05) is 32.9 Å². The monoisotopic (exact) mass is 215 g/mol. The molecule has 1 unspecified atom stereocenters. The molecule has 0 aromatic carbocycles. The minimum Gasteiger partial charge on any atom is -0.377 e. The van der Waals surface area contributed by atoms with Crippen molar-refractivity contribution in [1.29, 1.82) is 0 Å². The predicted octanol–water partition coefficient (Wildman–Crippen LogP) is 2.26. The van der Waals surface area contributed by atoms with Gasteiger partial charge < -0.3 is 9.47 Å². The highest BCUT2D eigenvalue weighted by molar-refractivity contribution is 4.79. The van der Waals surface area contributed by atoms with Gasteiger partial charge in [-0.1, -0.05) is 6.42 Å². The average molecular weight is 215 g/mol. The number of hydrogen-bond acceptors (Lipinski definition) is 3. The number of nitrogens with zero attached hydrogens (tertiary/aromatic N) is 1. The molecule has 15 heavy (non-hydrogen) atoms. The molecule has 0 amide bonds. The molecule has 0 N–H and O–H groups in total. The van der Waals surface area contributed by atoms with Crippen molar-refractivity contribution in [2.24, 2.45) is 0 Å². The summed E-state index contributed by atoms with van der Waals surface area (Å²) in [5.41, 5.74) is -0.217. The molecule has 0 aliphatic carbocycles. The van der Waals surface area contributed by atoms with E-state index in [0.29, 0.717) is 6.61 Å². The summed E-state index contributed by atoms with van der Waals surface area (Å²) in [5.74, 6) is 0. The summed E-state index contributed by atoms with van der Waals surface area (Å²) >= 11 is 0. The van der Waals surface area contributed by atoms with Crippen LogP contribution in [-0.2, 0) is 9.47 Å². The molecule has 1 rings (SSSR count). The normalized spacial score (nSPS) is 22.6. The summed E-state index contributed by atoms with van der Waals surface area (Å²) in [6, 6.07) is 0. The van der Waals surface area contributed by atoms with Gasteiger partial charge in [0.25, 0.3) is 0 Å². The van der Waals surface area contributed by atoms with Gasteiger partial charge in [0.2, 0.25) is 0 Å². The van der Waals surface area contributed by atoms with Gasteiger partial charge in [-0.15, -0.1) is 0 Å². The van der Waals surface area contributed by atoms with Crippen molar-refractivity contribution in [3.05, 3.63) is 0 Å². The molecule has 0 radical (unpaired) electrons. The highest BCUT2D eigenvalue weighted by atomic mass is 16.6. The Morgan fingerprint density at radius 2 is 1.73 bits per heavy atom. The SMILES string of the molecule is CCOCC(C)(OCC)N1CCCCC1. The quantitative estimate of drug-likeness (QED) is 0.678. The molecular formula is C12H25NO2. The molecule has 1 heterocycles. The third-order valence-electron chi connectivity index (χ3n) is 3.05. The molecule has 1 saturated heterocycles. The van der Waals surface area contributed by atoms with Crippen molar-refractivity contribution >= 4 is 0 Å². The van der Waals surface area contributed by atoms with Crippen molar-refractivity contribution in [3.63, 3.8) is 0 Å². The summed E-state index contributed by atoms with van der Waals surface area (Å²) < 4.78 is 11.4. The van der Waals surface area contributed by atoms with Crippen LogP contribution in [0.15, 0.2) is 0 Å². The smallest absolute Gasteiger partial charge is 0.142 e. The fraction of sp³-hybridized carbons (Fsp3) is 1.00. The summed E-state index contributed by atoms with van der Waals surface area (Å²) in [7, 11) is 0. The summed E-state index contributed by atoms with van der Waals surface area (Å²) in [6.07, 6.45) is 3.93. The van der Waals surface area contributed by atoms with Crippen molar-refractivity contribution in [2.45, 2.75) is 45.8 Å². The van der Waals surface area contributed by atoms with Gasteiger partial charge >= 0.3 is 0 Å². The molecular weight excluding hydrogens is 190 g/mol. The lowest BCUT2D eigenvalue weighted by Crippen LogP contribution is -2.53. The first-order valence-electron chi connectivity index (χ1n) is 6.19. The van der Waals surface area contributed by atoms with E-state index in [9.17, 15) is 0 Å². The van der Waals surface area contributed by atoms with E-state index in [2.05, 4.69) is 11.8 Å². The van der Waals surface area contributed by atoms with Crippen LogP contribution in [0, 0.1) is 0 Å². The van der Waals surface area contributed by atoms with Crippen LogP contribution >= 0.6 is 0 Å². The lowest BCUT2D eigenvalue weighted by molar-refractivity contribution is -0.180. The van der Waals surface area contributed by atoms with E-state index in [-0.39, 0.29) is 5.72 Å². The maximum Gasteiger partial charge on any atom is 0.142 e. The van der Waals surface area contributed by atoms with Crippen LogP contribution < -0.4 is 0 Å². The topological polar surface area (TPSA) is 21.7 Å². The van der Waals surface area contributed by atoms with Crippen LogP contribution in [0.25, 0.3) is 0 Å². The zero-order valence-corrected chi connectivity index (χ0v) is 10.4. The summed E-state index contributed by atoms with van der Waals surface area (Å²) in [5, 5.41) is 0.